The summed E-state index contributed by atoms with van der Waals surface area (Å²) in [6.45, 7) is 2.24. The Labute approximate surface area is 110 Å². The molecule has 0 aromatic heterocycles. The van der Waals surface area contributed by atoms with E-state index in [9.17, 15) is 4.79 Å². The summed E-state index contributed by atoms with van der Waals surface area (Å²) < 4.78 is 4.67. The second kappa shape index (κ2) is 8.73. The fraction of sp³-hybridized carbons (Fsp3) is 0.562. The minimum Gasteiger partial charge on any atom is -0.465 e. The van der Waals surface area contributed by atoms with Crippen LogP contribution in [0, 0.1) is 0 Å². The molecular formula is C16H24O2. The van der Waals surface area contributed by atoms with Crippen LogP contribution in [-0.2, 0) is 11.2 Å². The summed E-state index contributed by atoms with van der Waals surface area (Å²) in [6.07, 6.45) is 9.00. The molecule has 18 heavy (non-hydrogen) atoms. The van der Waals surface area contributed by atoms with E-state index in [0.29, 0.717) is 5.56 Å². The molecule has 0 aliphatic rings. The third-order valence-corrected chi connectivity index (χ3v) is 3.19. The fourth-order valence-electron chi connectivity index (χ4n) is 2.03. The van der Waals surface area contributed by atoms with E-state index < -0.39 is 0 Å². The average molecular weight is 248 g/mol. The lowest BCUT2D eigenvalue weighted by atomic mass is 10.0. The molecule has 0 heterocycles. The van der Waals surface area contributed by atoms with Crippen LogP contribution in [0.5, 0.6) is 0 Å². The highest BCUT2D eigenvalue weighted by atomic mass is 16.5. The molecule has 0 atom stereocenters. The van der Waals surface area contributed by atoms with Crippen LogP contribution in [0.3, 0.4) is 0 Å². The normalized spacial score (nSPS) is 10.3. The molecule has 0 aliphatic carbocycles. The van der Waals surface area contributed by atoms with Crippen molar-refractivity contribution in [2.75, 3.05) is 7.11 Å². The van der Waals surface area contributed by atoms with Crippen molar-refractivity contribution in [3.8, 4) is 0 Å². The number of carbonyl (C=O) groups is 1. The Hall–Kier alpha value is -1.31. The number of esters is 1. The van der Waals surface area contributed by atoms with Gasteiger partial charge in [-0.3, -0.25) is 0 Å². The maximum Gasteiger partial charge on any atom is 0.337 e. The van der Waals surface area contributed by atoms with Crippen molar-refractivity contribution >= 4 is 5.97 Å². The molecule has 0 radical (unpaired) electrons. The average Bonchev–Trinajstić information content (AvgIpc) is 2.42. The number of benzene rings is 1. The van der Waals surface area contributed by atoms with E-state index in [1.165, 1.54) is 51.2 Å². The van der Waals surface area contributed by atoms with Crippen molar-refractivity contribution in [3.63, 3.8) is 0 Å². The van der Waals surface area contributed by atoms with Gasteiger partial charge in [-0.2, -0.15) is 0 Å². The van der Waals surface area contributed by atoms with Gasteiger partial charge in [-0.1, -0.05) is 51.2 Å². The smallest absolute Gasteiger partial charge is 0.337 e. The standard InChI is InChI=1S/C16H24O2/c1-3-4-5-6-7-8-9-14-10-12-15(13-11-14)16(17)18-2/h10-13H,3-9H2,1-2H3. The van der Waals surface area contributed by atoms with Gasteiger partial charge in [-0.25, -0.2) is 4.79 Å². The molecule has 1 aromatic rings. The lowest BCUT2D eigenvalue weighted by Crippen LogP contribution is -2.00. The van der Waals surface area contributed by atoms with Gasteiger partial charge in [-0.05, 0) is 30.5 Å². The van der Waals surface area contributed by atoms with Crippen molar-refractivity contribution < 1.29 is 9.53 Å². The number of aryl methyl sites for hydroxylation is 1. The highest BCUT2D eigenvalue weighted by molar-refractivity contribution is 5.89. The fourth-order valence-corrected chi connectivity index (χ4v) is 2.03. The highest BCUT2D eigenvalue weighted by Gasteiger charge is 2.03. The van der Waals surface area contributed by atoms with Crippen molar-refractivity contribution in [3.05, 3.63) is 35.4 Å². The highest BCUT2D eigenvalue weighted by Crippen LogP contribution is 2.11. The summed E-state index contributed by atoms with van der Waals surface area (Å²) in [5.74, 6) is -0.263. The maximum absolute atomic E-state index is 11.3. The number of carbonyl (C=O) groups excluding carboxylic acids is 1. The van der Waals surface area contributed by atoms with Crippen LogP contribution in [0.4, 0.5) is 0 Å². The molecule has 2 nitrogen and oxygen atoms in total. The minimum atomic E-state index is -0.263. The van der Waals surface area contributed by atoms with Gasteiger partial charge in [0, 0.05) is 0 Å². The van der Waals surface area contributed by atoms with Crippen LogP contribution < -0.4 is 0 Å². The molecule has 0 saturated carbocycles. The largest absolute Gasteiger partial charge is 0.465 e. The van der Waals surface area contributed by atoms with Crippen molar-refractivity contribution in [2.45, 2.75) is 51.9 Å². The second-order valence-corrected chi connectivity index (χ2v) is 4.71. The predicted molar refractivity (Wildman–Crippen MR) is 74.9 cm³/mol. The van der Waals surface area contributed by atoms with Gasteiger partial charge in [0.05, 0.1) is 12.7 Å². The zero-order chi connectivity index (χ0) is 13.2. The van der Waals surface area contributed by atoms with Crippen LogP contribution in [0.2, 0.25) is 0 Å². The minimum absolute atomic E-state index is 0.263. The van der Waals surface area contributed by atoms with Gasteiger partial charge in [0.1, 0.15) is 0 Å². The molecular weight excluding hydrogens is 224 g/mol. The number of hydrogen-bond donors (Lipinski definition) is 0. The Kier molecular flexibility index (Phi) is 7.16. The van der Waals surface area contributed by atoms with Crippen LogP contribution >= 0.6 is 0 Å². The molecule has 0 spiro atoms. The van der Waals surface area contributed by atoms with E-state index in [2.05, 4.69) is 11.7 Å². The zero-order valence-electron chi connectivity index (χ0n) is 11.6. The number of rotatable bonds is 8. The Balaban J connectivity index is 2.25. The van der Waals surface area contributed by atoms with E-state index in [1.54, 1.807) is 0 Å². The third kappa shape index (κ3) is 5.35. The first-order valence-electron chi connectivity index (χ1n) is 6.95. The molecule has 1 rings (SSSR count). The molecule has 0 amide bonds. The summed E-state index contributed by atoms with van der Waals surface area (Å²) in [7, 11) is 1.41. The van der Waals surface area contributed by atoms with Gasteiger partial charge in [-0.15, -0.1) is 0 Å². The van der Waals surface area contributed by atoms with Gasteiger partial charge in [0.2, 0.25) is 0 Å². The van der Waals surface area contributed by atoms with Crippen LogP contribution in [-0.4, -0.2) is 13.1 Å². The molecule has 2 heteroatoms. The van der Waals surface area contributed by atoms with E-state index in [1.807, 2.05) is 24.3 Å². The molecule has 0 saturated heterocycles. The first-order chi connectivity index (χ1) is 8.77. The van der Waals surface area contributed by atoms with Gasteiger partial charge < -0.3 is 4.74 Å². The molecule has 100 valence electrons. The number of ether oxygens (including phenoxy) is 1. The van der Waals surface area contributed by atoms with E-state index >= 15 is 0 Å². The van der Waals surface area contributed by atoms with Gasteiger partial charge in [0.15, 0.2) is 0 Å². The molecule has 0 aliphatic heterocycles. The molecule has 0 unspecified atom stereocenters. The first-order valence-corrected chi connectivity index (χ1v) is 6.95. The van der Waals surface area contributed by atoms with E-state index in [0.717, 1.165) is 6.42 Å². The van der Waals surface area contributed by atoms with E-state index in [-0.39, 0.29) is 5.97 Å². The topological polar surface area (TPSA) is 26.3 Å². The second-order valence-electron chi connectivity index (χ2n) is 4.71. The monoisotopic (exact) mass is 248 g/mol. The molecule has 0 bridgehead atoms. The SMILES string of the molecule is CCCCCCCCc1ccc(C(=O)OC)cc1. The van der Waals surface area contributed by atoms with Crippen LogP contribution in [0.25, 0.3) is 0 Å². The van der Waals surface area contributed by atoms with Crippen molar-refractivity contribution in [1.82, 2.24) is 0 Å². The number of hydrogen-bond acceptors (Lipinski definition) is 2. The lowest BCUT2D eigenvalue weighted by molar-refractivity contribution is 0.0600. The summed E-state index contributed by atoms with van der Waals surface area (Å²) in [4.78, 5) is 11.3. The van der Waals surface area contributed by atoms with Gasteiger partial charge in [0.25, 0.3) is 0 Å². The van der Waals surface area contributed by atoms with Crippen LogP contribution in [0.1, 0.15) is 61.4 Å². The van der Waals surface area contributed by atoms with Gasteiger partial charge >= 0.3 is 5.97 Å². The summed E-state index contributed by atoms with van der Waals surface area (Å²) >= 11 is 0. The number of methoxy groups -OCH3 is 1. The van der Waals surface area contributed by atoms with E-state index in [4.69, 9.17) is 0 Å². The quantitative estimate of drug-likeness (QED) is 0.504. The molecule has 0 fully saturated rings. The maximum atomic E-state index is 11.3. The molecule has 1 aromatic carbocycles. The lowest BCUT2D eigenvalue weighted by Gasteiger charge is -2.03. The van der Waals surface area contributed by atoms with Crippen molar-refractivity contribution in [1.29, 1.82) is 0 Å². The first kappa shape index (κ1) is 14.7. The Morgan fingerprint density at radius 1 is 1.00 bits per heavy atom. The number of unbranched alkanes of at least 4 members (excludes halogenated alkanes) is 5. The van der Waals surface area contributed by atoms with Crippen LogP contribution in [0.15, 0.2) is 24.3 Å². The zero-order valence-corrected chi connectivity index (χ0v) is 11.6. The summed E-state index contributed by atoms with van der Waals surface area (Å²) in [5, 5.41) is 0. The Bertz CT molecular complexity index is 341. The predicted octanol–water partition coefficient (Wildman–Crippen LogP) is 4.38. The van der Waals surface area contributed by atoms with Crippen molar-refractivity contribution in [2.24, 2.45) is 0 Å². The summed E-state index contributed by atoms with van der Waals surface area (Å²) in [5.41, 5.74) is 1.93. The molecule has 0 N–H and O–H groups in total. The Morgan fingerprint density at radius 3 is 2.22 bits per heavy atom. The summed E-state index contributed by atoms with van der Waals surface area (Å²) in [6, 6.07) is 7.74. The third-order valence-electron chi connectivity index (χ3n) is 3.19. The Morgan fingerprint density at radius 2 is 1.61 bits per heavy atom.